The van der Waals surface area contributed by atoms with Crippen LogP contribution in [0, 0.1) is 10.1 Å². The minimum atomic E-state index is -0.778. The number of carbonyl (C=O) groups is 1. The van der Waals surface area contributed by atoms with Crippen LogP contribution in [0.1, 0.15) is 44.9 Å². The van der Waals surface area contributed by atoms with E-state index in [1.54, 1.807) is 38.1 Å². The molecule has 0 N–H and O–H groups in total. The molecule has 2 aromatic carbocycles. The molecule has 1 aromatic heterocycles. The minimum Gasteiger partial charge on any atom is -0.491 e. The van der Waals surface area contributed by atoms with E-state index in [4.69, 9.17) is 14.2 Å². The van der Waals surface area contributed by atoms with Crippen molar-refractivity contribution in [1.82, 2.24) is 4.57 Å². The fraction of sp³-hybridized carbons (Fsp3) is 0.367. The number of nitro benzene ring substituents is 1. The van der Waals surface area contributed by atoms with Gasteiger partial charge in [-0.05, 0) is 57.5 Å². The van der Waals surface area contributed by atoms with E-state index in [9.17, 15) is 19.7 Å². The summed E-state index contributed by atoms with van der Waals surface area (Å²) in [5, 5.41) is 11.6. The normalized spacial score (nSPS) is 17.2. The van der Waals surface area contributed by atoms with Crippen LogP contribution in [-0.2, 0) is 14.3 Å². The molecular weight excluding hydrogens is 560 g/mol. The Balaban J connectivity index is 1.68. The first-order valence-electron chi connectivity index (χ1n) is 13.7. The molecule has 220 valence electrons. The first kappa shape index (κ1) is 29.2. The van der Waals surface area contributed by atoms with Crippen LogP contribution in [0.4, 0.5) is 11.4 Å². The number of non-ortho nitro benzene ring substituents is 1. The van der Waals surface area contributed by atoms with E-state index in [0.29, 0.717) is 58.2 Å². The van der Waals surface area contributed by atoms with Gasteiger partial charge in [-0.3, -0.25) is 19.5 Å². The molecule has 0 radical (unpaired) electrons. The number of hydrogen-bond donors (Lipinski definition) is 0. The molecule has 5 rings (SSSR count). The lowest BCUT2D eigenvalue weighted by Gasteiger charge is -2.30. The monoisotopic (exact) mass is 592 g/mol. The number of thiazole rings is 1. The molecule has 12 heteroatoms. The SMILES string of the molecule is CCOC(=O)C1=C(C)N=c2s/c(=C\c3cc([N+](=O)[O-])ccc3N3CCOCC3)c(=O)n2[C@@H]1c1ccc(OC(C)C)cc1. The topological polar surface area (TPSA) is 126 Å². The number of ether oxygens (including phenoxy) is 3. The van der Waals surface area contributed by atoms with Crippen molar-refractivity contribution in [2.75, 3.05) is 37.8 Å². The van der Waals surface area contributed by atoms with Crippen molar-refractivity contribution in [3.8, 4) is 5.75 Å². The summed E-state index contributed by atoms with van der Waals surface area (Å²) in [4.78, 5) is 45.5. The fourth-order valence-electron chi connectivity index (χ4n) is 5.11. The number of aromatic nitrogens is 1. The number of allylic oxidation sites excluding steroid dienone is 1. The molecule has 0 amide bonds. The first-order valence-corrected chi connectivity index (χ1v) is 14.6. The first-order chi connectivity index (χ1) is 20.2. The number of fused-ring (bicyclic) bond motifs is 1. The van der Waals surface area contributed by atoms with Crippen molar-refractivity contribution in [2.24, 2.45) is 4.99 Å². The van der Waals surface area contributed by atoms with Gasteiger partial charge in [0, 0.05) is 36.5 Å². The van der Waals surface area contributed by atoms with Gasteiger partial charge in [-0.1, -0.05) is 23.5 Å². The lowest BCUT2D eigenvalue weighted by molar-refractivity contribution is -0.384. The highest BCUT2D eigenvalue weighted by molar-refractivity contribution is 7.07. The summed E-state index contributed by atoms with van der Waals surface area (Å²) >= 11 is 1.17. The molecule has 2 aliphatic heterocycles. The Kier molecular flexibility index (Phi) is 8.55. The highest BCUT2D eigenvalue weighted by atomic mass is 32.1. The predicted octanol–water partition coefficient (Wildman–Crippen LogP) is 3.33. The Hall–Kier alpha value is -4.29. The minimum absolute atomic E-state index is 0.0121. The van der Waals surface area contributed by atoms with E-state index in [1.807, 2.05) is 26.0 Å². The average molecular weight is 593 g/mol. The summed E-state index contributed by atoms with van der Waals surface area (Å²) in [6, 6.07) is 11.1. The predicted molar refractivity (Wildman–Crippen MR) is 159 cm³/mol. The molecule has 0 aliphatic carbocycles. The van der Waals surface area contributed by atoms with Crippen LogP contribution in [0.5, 0.6) is 5.75 Å². The summed E-state index contributed by atoms with van der Waals surface area (Å²) in [6.07, 6.45) is 1.66. The standard InChI is InChI=1S/C30H32N4O7S/c1-5-40-29(36)26-19(4)31-30-33(27(26)20-6-9-23(10-7-20)41-18(2)3)28(35)25(42-30)17-21-16-22(34(37)38)8-11-24(21)32-12-14-39-15-13-32/h6-11,16-18,27H,5,12-15H2,1-4H3/b25-17-/t27-/m1/s1. The number of benzene rings is 2. The Labute approximate surface area is 246 Å². The quantitative estimate of drug-likeness (QED) is 0.222. The zero-order chi connectivity index (χ0) is 30.0. The van der Waals surface area contributed by atoms with E-state index in [-0.39, 0.29) is 29.5 Å². The number of morpholine rings is 1. The molecule has 42 heavy (non-hydrogen) atoms. The Morgan fingerprint density at radius 2 is 1.93 bits per heavy atom. The number of esters is 1. The zero-order valence-corrected chi connectivity index (χ0v) is 24.7. The Morgan fingerprint density at radius 3 is 2.57 bits per heavy atom. The molecule has 2 aliphatic rings. The largest absolute Gasteiger partial charge is 0.491 e. The maximum Gasteiger partial charge on any atom is 0.338 e. The second kappa shape index (κ2) is 12.3. The van der Waals surface area contributed by atoms with E-state index >= 15 is 0 Å². The van der Waals surface area contributed by atoms with Crippen molar-refractivity contribution in [3.05, 3.63) is 94.7 Å². The van der Waals surface area contributed by atoms with Crippen LogP contribution in [0.3, 0.4) is 0 Å². The second-order valence-corrected chi connectivity index (χ2v) is 11.1. The number of hydrogen-bond acceptors (Lipinski definition) is 10. The number of rotatable bonds is 8. The molecule has 0 unspecified atom stereocenters. The fourth-order valence-corrected chi connectivity index (χ4v) is 6.15. The third-order valence-electron chi connectivity index (χ3n) is 6.94. The summed E-state index contributed by atoms with van der Waals surface area (Å²) in [5.74, 6) is 0.120. The smallest absolute Gasteiger partial charge is 0.338 e. The van der Waals surface area contributed by atoms with Gasteiger partial charge in [0.2, 0.25) is 0 Å². The van der Waals surface area contributed by atoms with Crippen molar-refractivity contribution >= 4 is 34.8 Å². The zero-order valence-electron chi connectivity index (χ0n) is 23.9. The van der Waals surface area contributed by atoms with E-state index in [0.717, 1.165) is 5.69 Å². The van der Waals surface area contributed by atoms with Crippen LogP contribution >= 0.6 is 11.3 Å². The molecule has 3 aromatic rings. The summed E-state index contributed by atoms with van der Waals surface area (Å²) in [6.45, 7) is 9.81. The van der Waals surface area contributed by atoms with Crippen LogP contribution in [0.15, 0.2) is 63.5 Å². The summed E-state index contributed by atoms with van der Waals surface area (Å²) in [7, 11) is 0. The van der Waals surface area contributed by atoms with Crippen LogP contribution in [-0.4, -0.2) is 54.5 Å². The molecule has 0 saturated carbocycles. The lowest BCUT2D eigenvalue weighted by Crippen LogP contribution is -2.40. The molecule has 11 nitrogen and oxygen atoms in total. The summed E-state index contributed by atoms with van der Waals surface area (Å²) < 4.78 is 18.5. The number of anilines is 1. The number of nitro groups is 1. The highest BCUT2D eigenvalue weighted by Crippen LogP contribution is 2.32. The third-order valence-corrected chi connectivity index (χ3v) is 7.93. The van der Waals surface area contributed by atoms with Crippen molar-refractivity contribution < 1.29 is 23.9 Å². The number of nitrogens with zero attached hydrogens (tertiary/aromatic N) is 4. The third kappa shape index (κ3) is 5.86. The van der Waals surface area contributed by atoms with Gasteiger partial charge < -0.3 is 19.1 Å². The highest BCUT2D eigenvalue weighted by Gasteiger charge is 2.33. The molecule has 1 atom stereocenters. The lowest BCUT2D eigenvalue weighted by atomic mass is 9.96. The van der Waals surface area contributed by atoms with Crippen LogP contribution in [0.25, 0.3) is 6.08 Å². The molecular formula is C30H32N4O7S. The molecule has 1 saturated heterocycles. The van der Waals surface area contributed by atoms with Gasteiger partial charge in [-0.2, -0.15) is 0 Å². The van der Waals surface area contributed by atoms with Gasteiger partial charge >= 0.3 is 5.97 Å². The molecule has 0 spiro atoms. The molecule has 3 heterocycles. The Morgan fingerprint density at radius 1 is 1.21 bits per heavy atom. The van der Waals surface area contributed by atoms with Gasteiger partial charge in [0.05, 0.1) is 52.7 Å². The van der Waals surface area contributed by atoms with Gasteiger partial charge in [0.15, 0.2) is 4.80 Å². The average Bonchev–Trinajstić information content (AvgIpc) is 3.26. The summed E-state index contributed by atoms with van der Waals surface area (Å²) in [5.41, 5.74) is 2.31. The molecule has 1 fully saturated rings. The van der Waals surface area contributed by atoms with Gasteiger partial charge in [0.1, 0.15) is 5.75 Å². The second-order valence-electron chi connectivity index (χ2n) is 10.1. The van der Waals surface area contributed by atoms with Crippen LogP contribution < -0.4 is 24.5 Å². The van der Waals surface area contributed by atoms with E-state index in [1.165, 1.54) is 28.0 Å². The van der Waals surface area contributed by atoms with Crippen molar-refractivity contribution in [3.63, 3.8) is 0 Å². The van der Waals surface area contributed by atoms with E-state index < -0.39 is 16.9 Å². The van der Waals surface area contributed by atoms with Gasteiger partial charge in [0.25, 0.3) is 11.2 Å². The Bertz CT molecular complexity index is 1720. The van der Waals surface area contributed by atoms with Crippen molar-refractivity contribution in [2.45, 2.75) is 39.8 Å². The maximum absolute atomic E-state index is 14.1. The van der Waals surface area contributed by atoms with Gasteiger partial charge in [-0.15, -0.1) is 0 Å². The van der Waals surface area contributed by atoms with Gasteiger partial charge in [-0.25, -0.2) is 9.79 Å². The van der Waals surface area contributed by atoms with Crippen LogP contribution in [0.2, 0.25) is 0 Å². The maximum atomic E-state index is 14.1. The molecule has 0 bridgehead atoms. The van der Waals surface area contributed by atoms with Crippen molar-refractivity contribution in [1.29, 1.82) is 0 Å². The van der Waals surface area contributed by atoms with E-state index in [2.05, 4.69) is 9.89 Å². The number of carbonyl (C=O) groups excluding carboxylic acids is 1.